The summed E-state index contributed by atoms with van der Waals surface area (Å²) in [5, 5.41) is 6.00. The summed E-state index contributed by atoms with van der Waals surface area (Å²) >= 11 is 6.12. The van der Waals surface area contributed by atoms with Gasteiger partial charge in [-0.05, 0) is 49.1 Å². The topological polar surface area (TPSA) is 93.4 Å². The zero-order valence-corrected chi connectivity index (χ0v) is 17.3. The first-order chi connectivity index (χ1) is 13.1. The molecule has 0 fully saturated rings. The van der Waals surface area contributed by atoms with Crippen LogP contribution in [0.4, 0.5) is 10.5 Å². The molecule has 0 saturated carbocycles. The van der Waals surface area contributed by atoms with Crippen molar-refractivity contribution in [3.8, 4) is 5.75 Å². The van der Waals surface area contributed by atoms with Gasteiger partial charge in [-0.15, -0.1) is 0 Å². The molecule has 6 nitrogen and oxygen atoms in total. The molecule has 2 rings (SSSR count). The quantitative estimate of drug-likeness (QED) is 0.640. The van der Waals surface area contributed by atoms with Crippen LogP contribution in [0.3, 0.4) is 0 Å². The first kappa shape index (κ1) is 21.6. The molecule has 4 N–H and O–H groups in total. The SMILES string of the molecule is CC(C)c1cccc(C(C)(C)NC(=O)Nc2ccc(OCC(N)=O)c(Cl)c2)c1. The Hall–Kier alpha value is -2.73. The lowest BCUT2D eigenvalue weighted by Crippen LogP contribution is -2.43. The van der Waals surface area contributed by atoms with Gasteiger partial charge in [-0.25, -0.2) is 4.79 Å². The molecule has 0 spiro atoms. The molecule has 150 valence electrons. The largest absolute Gasteiger partial charge is 0.482 e. The maximum Gasteiger partial charge on any atom is 0.319 e. The van der Waals surface area contributed by atoms with E-state index in [9.17, 15) is 9.59 Å². The molecule has 2 aromatic carbocycles. The molecule has 28 heavy (non-hydrogen) atoms. The molecule has 0 atom stereocenters. The normalized spacial score (nSPS) is 11.2. The van der Waals surface area contributed by atoms with Gasteiger partial charge in [0.1, 0.15) is 5.75 Å². The van der Waals surface area contributed by atoms with Crippen LogP contribution >= 0.6 is 11.6 Å². The number of rotatable bonds is 7. The van der Waals surface area contributed by atoms with E-state index in [2.05, 4.69) is 36.6 Å². The number of carbonyl (C=O) groups is 2. The Morgan fingerprint density at radius 2 is 1.89 bits per heavy atom. The van der Waals surface area contributed by atoms with Gasteiger partial charge in [0.05, 0.1) is 10.6 Å². The van der Waals surface area contributed by atoms with Crippen molar-refractivity contribution in [1.29, 1.82) is 0 Å². The van der Waals surface area contributed by atoms with Crippen molar-refractivity contribution in [2.24, 2.45) is 5.73 Å². The number of ether oxygens (including phenoxy) is 1. The Kier molecular flexibility index (Phi) is 6.91. The maximum atomic E-state index is 12.5. The highest BCUT2D eigenvalue weighted by Crippen LogP contribution is 2.28. The number of hydrogen-bond donors (Lipinski definition) is 3. The number of urea groups is 1. The maximum absolute atomic E-state index is 12.5. The van der Waals surface area contributed by atoms with Gasteiger partial charge in [-0.2, -0.15) is 0 Å². The molecule has 0 aliphatic rings. The first-order valence-corrected chi connectivity index (χ1v) is 9.36. The zero-order chi connectivity index (χ0) is 20.9. The average molecular weight is 404 g/mol. The average Bonchev–Trinajstić information content (AvgIpc) is 2.60. The Bertz CT molecular complexity index is 866. The summed E-state index contributed by atoms with van der Waals surface area (Å²) in [6.45, 7) is 7.88. The second kappa shape index (κ2) is 8.97. The number of nitrogens with one attached hydrogen (secondary N) is 2. The molecule has 0 saturated heterocycles. The van der Waals surface area contributed by atoms with E-state index in [0.717, 1.165) is 5.56 Å². The first-order valence-electron chi connectivity index (χ1n) is 8.99. The fourth-order valence-corrected chi connectivity index (χ4v) is 2.88. The number of primary amides is 1. The predicted octanol–water partition coefficient (Wildman–Crippen LogP) is 4.38. The van der Waals surface area contributed by atoms with E-state index in [-0.39, 0.29) is 17.7 Å². The molecule has 0 aliphatic carbocycles. The Morgan fingerprint density at radius 1 is 1.18 bits per heavy atom. The number of anilines is 1. The number of carbonyl (C=O) groups excluding carboxylic acids is 2. The van der Waals surface area contributed by atoms with Gasteiger partial charge in [-0.1, -0.05) is 49.7 Å². The van der Waals surface area contributed by atoms with E-state index in [1.165, 1.54) is 5.56 Å². The van der Waals surface area contributed by atoms with E-state index in [0.29, 0.717) is 17.4 Å². The number of halogens is 1. The van der Waals surface area contributed by atoms with Crippen molar-refractivity contribution in [3.05, 3.63) is 58.6 Å². The Labute approximate surface area is 170 Å². The van der Waals surface area contributed by atoms with Crippen molar-refractivity contribution in [2.45, 2.75) is 39.2 Å². The monoisotopic (exact) mass is 403 g/mol. The summed E-state index contributed by atoms with van der Waals surface area (Å²) in [5.41, 5.74) is 7.21. The summed E-state index contributed by atoms with van der Waals surface area (Å²) in [6.07, 6.45) is 0. The molecule has 2 aromatic rings. The summed E-state index contributed by atoms with van der Waals surface area (Å²) in [5.74, 6) is 0.126. The van der Waals surface area contributed by atoms with E-state index >= 15 is 0 Å². The van der Waals surface area contributed by atoms with Crippen molar-refractivity contribution < 1.29 is 14.3 Å². The number of hydrogen-bond acceptors (Lipinski definition) is 3. The summed E-state index contributed by atoms with van der Waals surface area (Å²) < 4.78 is 5.19. The fourth-order valence-electron chi connectivity index (χ4n) is 2.65. The fraction of sp³-hybridized carbons (Fsp3) is 0.333. The molecular weight excluding hydrogens is 378 g/mol. The third-order valence-corrected chi connectivity index (χ3v) is 4.56. The second-order valence-corrected chi connectivity index (χ2v) is 7.79. The molecule has 0 heterocycles. The molecule has 3 amide bonds. The number of nitrogens with two attached hydrogens (primary N) is 1. The van der Waals surface area contributed by atoms with E-state index in [4.69, 9.17) is 22.1 Å². The van der Waals surface area contributed by atoms with Crippen LogP contribution in [0.15, 0.2) is 42.5 Å². The third-order valence-electron chi connectivity index (χ3n) is 4.26. The van der Waals surface area contributed by atoms with Crippen LogP contribution in [0.5, 0.6) is 5.75 Å². The number of benzene rings is 2. The standard InChI is InChI=1S/C21H26ClN3O3/c1-13(2)14-6-5-7-15(10-14)21(3,4)25-20(27)24-16-8-9-18(17(22)11-16)28-12-19(23)26/h5-11,13H,12H2,1-4H3,(H2,23,26)(H2,24,25,27). The van der Waals surface area contributed by atoms with Crippen LogP contribution in [0.2, 0.25) is 5.02 Å². The Morgan fingerprint density at radius 3 is 2.50 bits per heavy atom. The minimum absolute atomic E-state index is 0.267. The smallest absolute Gasteiger partial charge is 0.319 e. The van der Waals surface area contributed by atoms with Gasteiger partial charge < -0.3 is 21.1 Å². The van der Waals surface area contributed by atoms with Crippen LogP contribution in [-0.2, 0) is 10.3 Å². The minimum Gasteiger partial charge on any atom is -0.482 e. The second-order valence-electron chi connectivity index (χ2n) is 7.38. The highest BCUT2D eigenvalue weighted by Gasteiger charge is 2.23. The van der Waals surface area contributed by atoms with Gasteiger partial charge in [0.25, 0.3) is 5.91 Å². The van der Waals surface area contributed by atoms with Crippen molar-refractivity contribution >= 4 is 29.2 Å². The van der Waals surface area contributed by atoms with E-state index in [1.54, 1.807) is 18.2 Å². The molecule has 0 radical (unpaired) electrons. The summed E-state index contributed by atoms with van der Waals surface area (Å²) in [6, 6.07) is 12.6. The van der Waals surface area contributed by atoms with Crippen LogP contribution in [-0.4, -0.2) is 18.5 Å². The van der Waals surface area contributed by atoms with Crippen LogP contribution in [0, 0.1) is 0 Å². The summed E-state index contributed by atoms with van der Waals surface area (Å²) in [4.78, 5) is 23.3. The van der Waals surface area contributed by atoms with Crippen LogP contribution in [0.25, 0.3) is 0 Å². The van der Waals surface area contributed by atoms with Crippen molar-refractivity contribution in [3.63, 3.8) is 0 Å². The highest BCUT2D eigenvalue weighted by molar-refractivity contribution is 6.32. The van der Waals surface area contributed by atoms with Gasteiger partial charge in [-0.3, -0.25) is 4.79 Å². The Balaban J connectivity index is 2.05. The van der Waals surface area contributed by atoms with Crippen molar-refractivity contribution in [2.75, 3.05) is 11.9 Å². The van der Waals surface area contributed by atoms with Gasteiger partial charge in [0.15, 0.2) is 6.61 Å². The minimum atomic E-state index is -0.596. The highest BCUT2D eigenvalue weighted by atomic mass is 35.5. The van der Waals surface area contributed by atoms with Gasteiger partial charge >= 0.3 is 6.03 Å². The molecule has 0 aromatic heterocycles. The predicted molar refractivity (Wildman–Crippen MR) is 112 cm³/mol. The summed E-state index contributed by atoms with van der Waals surface area (Å²) in [7, 11) is 0. The van der Waals surface area contributed by atoms with Gasteiger partial charge in [0.2, 0.25) is 0 Å². The van der Waals surface area contributed by atoms with E-state index in [1.807, 2.05) is 26.0 Å². The molecular formula is C21H26ClN3O3. The number of amides is 3. The van der Waals surface area contributed by atoms with Crippen LogP contribution < -0.4 is 21.1 Å². The molecule has 7 heteroatoms. The molecule has 0 unspecified atom stereocenters. The molecule has 0 bridgehead atoms. The third kappa shape index (κ3) is 5.89. The lowest BCUT2D eigenvalue weighted by molar-refractivity contribution is -0.119. The van der Waals surface area contributed by atoms with Crippen molar-refractivity contribution in [1.82, 2.24) is 5.32 Å². The van der Waals surface area contributed by atoms with E-state index < -0.39 is 11.4 Å². The van der Waals surface area contributed by atoms with Crippen LogP contribution in [0.1, 0.15) is 44.7 Å². The zero-order valence-electron chi connectivity index (χ0n) is 16.5. The lowest BCUT2D eigenvalue weighted by Gasteiger charge is -2.28. The molecule has 0 aliphatic heterocycles. The lowest BCUT2D eigenvalue weighted by atomic mass is 9.90. The van der Waals surface area contributed by atoms with Gasteiger partial charge in [0, 0.05) is 5.69 Å².